The van der Waals surface area contributed by atoms with Gasteiger partial charge in [-0.2, -0.15) is 0 Å². The van der Waals surface area contributed by atoms with Crippen LogP contribution < -0.4 is 4.90 Å². The van der Waals surface area contributed by atoms with Crippen molar-refractivity contribution in [3.63, 3.8) is 0 Å². The lowest BCUT2D eigenvalue weighted by Gasteiger charge is -2.25. The highest BCUT2D eigenvalue weighted by Gasteiger charge is 2.17. The van der Waals surface area contributed by atoms with Crippen molar-refractivity contribution in [3.8, 4) is 0 Å². The molecule has 0 saturated heterocycles. The number of halogens is 2. The Bertz CT molecular complexity index is 527. The summed E-state index contributed by atoms with van der Waals surface area (Å²) in [5, 5.41) is 3.72. The van der Waals surface area contributed by atoms with E-state index in [0.717, 1.165) is 21.4 Å². The second-order valence-electron chi connectivity index (χ2n) is 4.06. The molecule has 2 rings (SSSR count). The summed E-state index contributed by atoms with van der Waals surface area (Å²) in [6.45, 7) is 2.11. The molecule has 0 aliphatic rings. The molecule has 1 heterocycles. The van der Waals surface area contributed by atoms with Gasteiger partial charge in [0.25, 0.3) is 0 Å². The number of benzene rings is 1. The molecule has 1 unspecified atom stereocenters. The molecule has 0 saturated carbocycles. The molecule has 1 aromatic carbocycles. The minimum absolute atomic E-state index is 0.174. The zero-order valence-corrected chi connectivity index (χ0v) is 12.6. The number of thiazole rings is 1. The lowest BCUT2D eigenvalue weighted by Crippen LogP contribution is -2.21. The standard InChI is InChI=1S/C13H14Cl2N2S/c1-9(11-5-3-4-6-12(11)15)17(2)13-16-10(7-14)8-18-13/h3-6,8-9H,7H2,1-2H3. The van der Waals surface area contributed by atoms with Gasteiger partial charge >= 0.3 is 0 Å². The van der Waals surface area contributed by atoms with E-state index >= 15 is 0 Å². The molecule has 0 amide bonds. The summed E-state index contributed by atoms with van der Waals surface area (Å²) in [6.07, 6.45) is 0. The Hall–Kier alpha value is -0.770. The van der Waals surface area contributed by atoms with Crippen LogP contribution in [0.1, 0.15) is 24.2 Å². The van der Waals surface area contributed by atoms with Gasteiger partial charge in [0.15, 0.2) is 5.13 Å². The number of nitrogens with zero attached hydrogens (tertiary/aromatic N) is 2. The lowest BCUT2D eigenvalue weighted by atomic mass is 10.1. The van der Waals surface area contributed by atoms with E-state index in [4.69, 9.17) is 23.2 Å². The Labute approximate surface area is 121 Å². The van der Waals surface area contributed by atoms with Crippen LogP contribution in [0.3, 0.4) is 0 Å². The molecule has 96 valence electrons. The summed E-state index contributed by atoms with van der Waals surface area (Å²) in [5.74, 6) is 0.449. The van der Waals surface area contributed by atoms with Gasteiger partial charge < -0.3 is 4.90 Å². The molecule has 0 fully saturated rings. The van der Waals surface area contributed by atoms with Crippen LogP contribution in [0.25, 0.3) is 0 Å². The average Bonchev–Trinajstić information content (AvgIpc) is 2.86. The van der Waals surface area contributed by atoms with Crippen molar-refractivity contribution in [2.75, 3.05) is 11.9 Å². The maximum absolute atomic E-state index is 6.22. The van der Waals surface area contributed by atoms with Crippen LogP contribution >= 0.6 is 34.5 Å². The molecule has 0 aliphatic carbocycles. The maximum Gasteiger partial charge on any atom is 0.185 e. The SMILES string of the molecule is CC(c1ccccc1Cl)N(C)c1nc(CCl)cs1. The molecule has 0 radical (unpaired) electrons. The summed E-state index contributed by atoms with van der Waals surface area (Å²) >= 11 is 13.6. The Kier molecular flexibility index (Phi) is 4.49. The van der Waals surface area contributed by atoms with Crippen molar-refractivity contribution >= 4 is 39.7 Å². The van der Waals surface area contributed by atoms with E-state index in [1.807, 2.05) is 36.7 Å². The Morgan fingerprint density at radius 3 is 2.72 bits per heavy atom. The molecule has 0 bridgehead atoms. The van der Waals surface area contributed by atoms with Crippen LogP contribution in [0.5, 0.6) is 0 Å². The van der Waals surface area contributed by atoms with Crippen LogP contribution in [-0.2, 0) is 5.88 Å². The highest BCUT2D eigenvalue weighted by molar-refractivity contribution is 7.13. The molecule has 2 nitrogen and oxygen atoms in total. The highest BCUT2D eigenvalue weighted by Crippen LogP contribution is 2.31. The fourth-order valence-corrected chi connectivity index (χ4v) is 3.10. The third-order valence-corrected chi connectivity index (χ3v) is 4.51. The molecule has 2 aromatic rings. The number of hydrogen-bond donors (Lipinski definition) is 0. The van der Waals surface area contributed by atoms with Crippen LogP contribution in [0.15, 0.2) is 29.6 Å². The largest absolute Gasteiger partial charge is 0.344 e. The Balaban J connectivity index is 2.23. The average molecular weight is 301 g/mol. The second kappa shape index (κ2) is 5.91. The van der Waals surface area contributed by atoms with E-state index in [0.29, 0.717) is 5.88 Å². The molecule has 0 aliphatic heterocycles. The maximum atomic E-state index is 6.22. The van der Waals surface area contributed by atoms with Gasteiger partial charge in [0.05, 0.1) is 17.6 Å². The van der Waals surface area contributed by atoms with Gasteiger partial charge in [0.2, 0.25) is 0 Å². The first kappa shape index (κ1) is 13.7. The predicted molar refractivity (Wildman–Crippen MR) is 79.9 cm³/mol. The van der Waals surface area contributed by atoms with Gasteiger partial charge in [-0.15, -0.1) is 22.9 Å². The fraction of sp³-hybridized carbons (Fsp3) is 0.308. The molecule has 5 heteroatoms. The zero-order chi connectivity index (χ0) is 13.1. The first-order valence-corrected chi connectivity index (χ1v) is 7.40. The smallest absolute Gasteiger partial charge is 0.185 e. The molecule has 0 spiro atoms. The summed E-state index contributed by atoms with van der Waals surface area (Å²) in [7, 11) is 2.02. The van der Waals surface area contributed by atoms with Gasteiger partial charge in [-0.25, -0.2) is 4.98 Å². The third-order valence-electron chi connectivity index (χ3n) is 2.91. The molecule has 0 N–H and O–H groups in total. The lowest BCUT2D eigenvalue weighted by molar-refractivity contribution is 0.736. The van der Waals surface area contributed by atoms with Gasteiger partial charge in [-0.3, -0.25) is 0 Å². The van der Waals surface area contributed by atoms with Gasteiger partial charge in [-0.1, -0.05) is 29.8 Å². The van der Waals surface area contributed by atoms with Crippen molar-refractivity contribution in [3.05, 3.63) is 45.9 Å². The quantitative estimate of drug-likeness (QED) is 0.759. The second-order valence-corrected chi connectivity index (χ2v) is 5.57. The van der Waals surface area contributed by atoms with E-state index in [1.165, 1.54) is 0 Å². The van der Waals surface area contributed by atoms with Gasteiger partial charge in [0.1, 0.15) is 0 Å². The number of rotatable bonds is 4. The predicted octanol–water partition coefficient (Wildman–Crippen LogP) is 4.73. The minimum atomic E-state index is 0.174. The van der Waals surface area contributed by atoms with E-state index in [2.05, 4.69) is 16.8 Å². The van der Waals surface area contributed by atoms with Crippen molar-refractivity contribution in [1.29, 1.82) is 0 Å². The summed E-state index contributed by atoms with van der Waals surface area (Å²) in [6, 6.07) is 8.06. The number of hydrogen-bond acceptors (Lipinski definition) is 3. The van der Waals surface area contributed by atoms with Crippen LogP contribution in [0.4, 0.5) is 5.13 Å². The van der Waals surface area contributed by atoms with E-state index < -0.39 is 0 Å². The molecule has 1 aromatic heterocycles. The highest BCUT2D eigenvalue weighted by atomic mass is 35.5. The van der Waals surface area contributed by atoms with E-state index in [-0.39, 0.29) is 6.04 Å². The Morgan fingerprint density at radius 1 is 1.39 bits per heavy atom. The van der Waals surface area contributed by atoms with Crippen LogP contribution in [-0.4, -0.2) is 12.0 Å². The van der Waals surface area contributed by atoms with Crippen LogP contribution in [0, 0.1) is 0 Å². The monoisotopic (exact) mass is 300 g/mol. The van der Waals surface area contributed by atoms with Crippen molar-refractivity contribution < 1.29 is 0 Å². The molecular weight excluding hydrogens is 287 g/mol. The molecular formula is C13H14Cl2N2S. The first-order valence-electron chi connectivity index (χ1n) is 5.61. The third kappa shape index (κ3) is 2.79. The van der Waals surface area contributed by atoms with Crippen molar-refractivity contribution in [2.45, 2.75) is 18.8 Å². The van der Waals surface area contributed by atoms with E-state index in [9.17, 15) is 0 Å². The van der Waals surface area contributed by atoms with Gasteiger partial charge in [0, 0.05) is 17.5 Å². The van der Waals surface area contributed by atoms with Crippen LogP contribution in [0.2, 0.25) is 5.02 Å². The van der Waals surface area contributed by atoms with Gasteiger partial charge in [-0.05, 0) is 18.6 Å². The molecule has 1 atom stereocenters. The number of alkyl halides is 1. The van der Waals surface area contributed by atoms with Crippen molar-refractivity contribution in [1.82, 2.24) is 4.98 Å². The van der Waals surface area contributed by atoms with Crippen molar-refractivity contribution in [2.24, 2.45) is 0 Å². The van der Waals surface area contributed by atoms with E-state index in [1.54, 1.807) is 11.3 Å². The summed E-state index contributed by atoms with van der Waals surface area (Å²) in [5.41, 5.74) is 2.01. The topological polar surface area (TPSA) is 16.1 Å². The Morgan fingerprint density at radius 2 is 2.11 bits per heavy atom. The summed E-state index contributed by atoms with van der Waals surface area (Å²) in [4.78, 5) is 6.59. The normalized spacial score (nSPS) is 12.4. The number of aromatic nitrogens is 1. The first-order chi connectivity index (χ1) is 8.63. The number of anilines is 1. The minimum Gasteiger partial charge on any atom is -0.344 e. The fourth-order valence-electron chi connectivity index (χ4n) is 1.71. The zero-order valence-electron chi connectivity index (χ0n) is 10.2. The molecule has 18 heavy (non-hydrogen) atoms. The summed E-state index contributed by atoms with van der Waals surface area (Å²) < 4.78 is 0.